The van der Waals surface area contributed by atoms with Gasteiger partial charge in [0.1, 0.15) is 5.78 Å². The first-order chi connectivity index (χ1) is 17.9. The Balaban J connectivity index is 1.58. The van der Waals surface area contributed by atoms with Crippen molar-refractivity contribution in [3.63, 3.8) is 0 Å². The zero-order valence-electron chi connectivity index (χ0n) is 20.8. The Hall–Kier alpha value is -4.33. The van der Waals surface area contributed by atoms with Gasteiger partial charge in [-0.2, -0.15) is 0 Å². The predicted octanol–water partition coefficient (Wildman–Crippen LogP) is 4.77. The fourth-order valence-corrected chi connectivity index (χ4v) is 4.61. The Morgan fingerprint density at radius 1 is 0.865 bits per heavy atom. The number of nitrogens with zero attached hydrogens (tertiary/aromatic N) is 1. The number of aryl methyl sites for hydroxylation is 2. The number of aliphatic imine (C=N–C) groups is 1. The van der Waals surface area contributed by atoms with Crippen LogP contribution >= 0.6 is 0 Å². The zero-order chi connectivity index (χ0) is 26.4. The number of rotatable bonds is 10. The summed E-state index contributed by atoms with van der Waals surface area (Å²) in [6.45, 7) is 0. The van der Waals surface area contributed by atoms with Gasteiger partial charge in [0.25, 0.3) is 0 Å². The van der Waals surface area contributed by atoms with Gasteiger partial charge in [-0.1, -0.05) is 42.5 Å². The number of phenolic OH excluding ortho intramolecular Hbond substituents is 2. The van der Waals surface area contributed by atoms with Crippen molar-refractivity contribution in [2.45, 2.75) is 31.7 Å². The van der Waals surface area contributed by atoms with Gasteiger partial charge in [-0.05, 0) is 60.2 Å². The molecule has 3 aromatic carbocycles. The minimum atomic E-state index is -0.627. The van der Waals surface area contributed by atoms with E-state index in [9.17, 15) is 19.8 Å². The highest BCUT2D eigenvalue weighted by Crippen LogP contribution is 2.32. The molecule has 3 aromatic rings. The van der Waals surface area contributed by atoms with Gasteiger partial charge in [-0.25, -0.2) is 9.79 Å². The molecule has 1 heterocycles. The third-order valence-corrected chi connectivity index (χ3v) is 6.54. The van der Waals surface area contributed by atoms with Crippen molar-refractivity contribution in [2.75, 3.05) is 14.2 Å². The summed E-state index contributed by atoms with van der Waals surface area (Å²) in [7, 11) is 2.96. The number of benzene rings is 3. The highest BCUT2D eigenvalue weighted by Gasteiger charge is 2.37. The molecule has 37 heavy (non-hydrogen) atoms. The van der Waals surface area contributed by atoms with E-state index in [0.717, 1.165) is 16.7 Å². The van der Waals surface area contributed by atoms with Crippen molar-refractivity contribution in [1.82, 2.24) is 5.32 Å². The number of Topliss-reactive ketones (excluding diaryl/α,β-unsaturated/α-hetero) is 1. The average Bonchev–Trinajstić information content (AvgIpc) is 2.92. The number of methoxy groups -OCH3 is 2. The molecule has 2 unspecified atom stereocenters. The van der Waals surface area contributed by atoms with Crippen LogP contribution in [-0.2, 0) is 17.6 Å². The molecule has 1 aliphatic rings. The van der Waals surface area contributed by atoms with Crippen LogP contribution in [0.15, 0.2) is 71.7 Å². The number of nitrogens with one attached hydrogen (secondary N) is 1. The zero-order valence-corrected chi connectivity index (χ0v) is 20.8. The molecule has 2 atom stereocenters. The Kier molecular flexibility index (Phi) is 8.08. The SMILES string of the molecule is COc1cc(CCC(=O)C2C(CCc3ccc(O)c(OC)c3)=NC(=O)NC2c2ccccc2)ccc1O. The van der Waals surface area contributed by atoms with Gasteiger partial charge in [0.05, 0.1) is 26.2 Å². The lowest BCUT2D eigenvalue weighted by atomic mass is 9.81. The molecule has 2 amide bonds. The van der Waals surface area contributed by atoms with Crippen molar-refractivity contribution >= 4 is 17.5 Å². The Bertz CT molecular complexity index is 1310. The molecule has 3 N–H and O–H groups in total. The van der Waals surface area contributed by atoms with E-state index >= 15 is 0 Å². The minimum absolute atomic E-state index is 0.0389. The van der Waals surface area contributed by atoms with Gasteiger partial charge < -0.3 is 25.0 Å². The van der Waals surface area contributed by atoms with Crippen LogP contribution in [0.25, 0.3) is 0 Å². The van der Waals surface area contributed by atoms with Crippen molar-refractivity contribution in [1.29, 1.82) is 0 Å². The molecule has 0 bridgehead atoms. The molecule has 8 nitrogen and oxygen atoms in total. The highest BCUT2D eigenvalue weighted by molar-refractivity contribution is 6.11. The minimum Gasteiger partial charge on any atom is -0.504 e. The van der Waals surface area contributed by atoms with E-state index in [2.05, 4.69) is 10.3 Å². The van der Waals surface area contributed by atoms with E-state index in [4.69, 9.17) is 9.47 Å². The number of amides is 2. The molecule has 192 valence electrons. The smallest absolute Gasteiger partial charge is 0.341 e. The van der Waals surface area contributed by atoms with Gasteiger partial charge in [0.2, 0.25) is 0 Å². The van der Waals surface area contributed by atoms with Crippen LogP contribution in [0.4, 0.5) is 4.79 Å². The number of hydrogen-bond acceptors (Lipinski definition) is 6. The second kappa shape index (κ2) is 11.6. The molecule has 0 spiro atoms. The Labute approximate surface area is 215 Å². The van der Waals surface area contributed by atoms with Gasteiger partial charge in [-0.15, -0.1) is 0 Å². The van der Waals surface area contributed by atoms with Crippen molar-refractivity contribution in [3.8, 4) is 23.0 Å². The standard InChI is InChI=1S/C29H30N2O6/c1-36-25-16-18(9-13-22(25)32)8-12-21-27(28(31-29(35)30-21)20-6-4-3-5-7-20)24(34)15-11-19-10-14-23(33)26(17-19)37-2/h3-7,9-10,13-14,16-17,27-28,32-33H,8,11-12,15H2,1-2H3,(H,31,35). The molecule has 0 saturated carbocycles. The maximum Gasteiger partial charge on any atom is 0.341 e. The largest absolute Gasteiger partial charge is 0.504 e. The number of carbonyl (C=O) groups excluding carboxylic acids is 2. The molecule has 1 aliphatic heterocycles. The maximum absolute atomic E-state index is 13.7. The lowest BCUT2D eigenvalue weighted by molar-refractivity contribution is -0.121. The summed E-state index contributed by atoms with van der Waals surface area (Å²) < 4.78 is 10.4. The van der Waals surface area contributed by atoms with Crippen LogP contribution < -0.4 is 14.8 Å². The number of ketones is 1. The van der Waals surface area contributed by atoms with Gasteiger partial charge in [0, 0.05) is 12.1 Å². The number of urea groups is 1. The van der Waals surface area contributed by atoms with E-state index in [1.165, 1.54) is 14.2 Å². The molecule has 4 rings (SSSR count). The molecular formula is C29H30N2O6. The van der Waals surface area contributed by atoms with Gasteiger partial charge in [0.15, 0.2) is 23.0 Å². The van der Waals surface area contributed by atoms with Crippen molar-refractivity contribution in [3.05, 3.63) is 83.4 Å². The second-order valence-electron chi connectivity index (χ2n) is 8.90. The van der Waals surface area contributed by atoms with Crippen molar-refractivity contribution < 1.29 is 29.3 Å². The fraction of sp³-hybridized carbons (Fsp3) is 0.276. The number of ether oxygens (including phenoxy) is 2. The molecule has 0 aliphatic carbocycles. The first-order valence-electron chi connectivity index (χ1n) is 12.1. The van der Waals surface area contributed by atoms with Crippen LogP contribution in [0.3, 0.4) is 0 Å². The molecule has 0 radical (unpaired) electrons. The normalized spacial score (nSPS) is 17.0. The predicted molar refractivity (Wildman–Crippen MR) is 140 cm³/mol. The van der Waals surface area contributed by atoms with E-state index in [0.29, 0.717) is 36.5 Å². The number of hydrogen-bond donors (Lipinski definition) is 3. The van der Waals surface area contributed by atoms with E-state index in [1.54, 1.807) is 36.4 Å². The van der Waals surface area contributed by atoms with Crippen LogP contribution in [0, 0.1) is 5.92 Å². The lowest BCUT2D eigenvalue weighted by Gasteiger charge is -2.32. The Morgan fingerprint density at radius 2 is 1.46 bits per heavy atom. The van der Waals surface area contributed by atoms with E-state index in [-0.39, 0.29) is 23.7 Å². The monoisotopic (exact) mass is 502 g/mol. The highest BCUT2D eigenvalue weighted by atomic mass is 16.5. The van der Waals surface area contributed by atoms with Crippen LogP contribution in [0.2, 0.25) is 0 Å². The summed E-state index contributed by atoms with van der Waals surface area (Å²) in [4.78, 5) is 30.5. The van der Waals surface area contributed by atoms with Crippen molar-refractivity contribution in [2.24, 2.45) is 10.9 Å². The van der Waals surface area contributed by atoms with Crippen LogP contribution in [-0.4, -0.2) is 42.0 Å². The molecular weight excluding hydrogens is 472 g/mol. The quantitative estimate of drug-likeness (QED) is 0.368. The third-order valence-electron chi connectivity index (χ3n) is 6.54. The summed E-state index contributed by atoms with van der Waals surface area (Å²) >= 11 is 0. The van der Waals surface area contributed by atoms with Gasteiger partial charge in [-0.3, -0.25) is 4.79 Å². The molecule has 0 fully saturated rings. The Morgan fingerprint density at radius 3 is 2.05 bits per heavy atom. The first kappa shape index (κ1) is 25.8. The second-order valence-corrected chi connectivity index (χ2v) is 8.90. The number of phenols is 2. The summed E-state index contributed by atoms with van der Waals surface area (Å²) in [5.41, 5.74) is 3.10. The molecule has 0 saturated heterocycles. The summed E-state index contributed by atoms with van der Waals surface area (Å²) in [6.07, 6.45) is 1.59. The summed E-state index contributed by atoms with van der Waals surface area (Å²) in [6, 6.07) is 18.5. The van der Waals surface area contributed by atoms with Gasteiger partial charge >= 0.3 is 6.03 Å². The third kappa shape index (κ3) is 6.09. The number of aromatic hydroxyl groups is 2. The summed E-state index contributed by atoms with van der Waals surface area (Å²) in [5.74, 6) is 0.130. The summed E-state index contributed by atoms with van der Waals surface area (Å²) in [5, 5.41) is 22.7. The fourth-order valence-electron chi connectivity index (χ4n) is 4.61. The first-order valence-corrected chi connectivity index (χ1v) is 12.1. The topological polar surface area (TPSA) is 117 Å². The maximum atomic E-state index is 13.7. The average molecular weight is 503 g/mol. The van der Waals surface area contributed by atoms with E-state index < -0.39 is 18.0 Å². The van der Waals surface area contributed by atoms with E-state index in [1.807, 2.05) is 30.3 Å². The molecule has 8 heteroatoms. The number of carbonyl (C=O) groups is 2. The van der Waals surface area contributed by atoms with Crippen LogP contribution in [0.5, 0.6) is 23.0 Å². The molecule has 0 aromatic heterocycles. The lowest BCUT2D eigenvalue weighted by Crippen LogP contribution is -2.44. The van der Waals surface area contributed by atoms with Crippen LogP contribution in [0.1, 0.15) is 35.6 Å².